The molecule has 0 fully saturated rings. The van der Waals surface area contributed by atoms with Gasteiger partial charge >= 0.3 is 0 Å². The summed E-state index contributed by atoms with van der Waals surface area (Å²) in [6.45, 7) is 3.61. The predicted molar refractivity (Wildman–Crippen MR) is 95.3 cm³/mol. The van der Waals surface area contributed by atoms with E-state index in [2.05, 4.69) is 47.6 Å². The maximum absolute atomic E-state index is 5.97. The first-order valence-corrected chi connectivity index (χ1v) is 8.15. The molecule has 2 aromatic carbocycles. The van der Waals surface area contributed by atoms with E-state index in [1.807, 2.05) is 12.1 Å². The number of hydrogen-bond acceptors (Lipinski definition) is 2. The maximum Gasteiger partial charge on any atom is 0.193 e. The molecule has 1 heterocycles. The van der Waals surface area contributed by atoms with E-state index >= 15 is 0 Å². The summed E-state index contributed by atoms with van der Waals surface area (Å²) in [4.78, 5) is 4.42. The molecule has 0 bridgehead atoms. The van der Waals surface area contributed by atoms with E-state index in [0.29, 0.717) is 12.5 Å². The van der Waals surface area contributed by atoms with Crippen LogP contribution in [0.4, 0.5) is 5.69 Å². The van der Waals surface area contributed by atoms with Crippen LogP contribution in [0.15, 0.2) is 47.5 Å². The van der Waals surface area contributed by atoms with Crippen LogP contribution >= 0.6 is 0 Å². The second-order valence-corrected chi connectivity index (χ2v) is 5.74. The largest absolute Gasteiger partial charge is 0.493 e. The molecule has 0 radical (unpaired) electrons. The van der Waals surface area contributed by atoms with Gasteiger partial charge in [0.1, 0.15) is 5.75 Å². The van der Waals surface area contributed by atoms with Crippen molar-refractivity contribution < 1.29 is 4.74 Å². The van der Waals surface area contributed by atoms with Gasteiger partial charge < -0.3 is 15.8 Å². The Bertz CT molecular complexity index is 710. The third kappa shape index (κ3) is 4.03. The lowest BCUT2D eigenvalue weighted by atomic mass is 10.1. The number of anilines is 1. The number of benzene rings is 2. The molecule has 0 unspecified atom stereocenters. The van der Waals surface area contributed by atoms with Crippen LogP contribution in [-0.2, 0) is 19.3 Å². The summed E-state index contributed by atoms with van der Waals surface area (Å²) in [6, 6.07) is 14.6. The predicted octanol–water partition coefficient (Wildman–Crippen LogP) is 3.15. The van der Waals surface area contributed by atoms with Gasteiger partial charge in [0.25, 0.3) is 0 Å². The Hall–Kier alpha value is -2.49. The number of fused-ring (bicyclic) bond motifs is 1. The first-order chi connectivity index (χ1) is 11.2. The molecular weight excluding hydrogens is 286 g/mol. The molecule has 0 spiro atoms. The van der Waals surface area contributed by atoms with Crippen LogP contribution in [0.2, 0.25) is 0 Å². The zero-order valence-corrected chi connectivity index (χ0v) is 13.5. The minimum atomic E-state index is 0.461. The molecule has 1 aliphatic rings. The zero-order chi connectivity index (χ0) is 16.1. The Morgan fingerprint density at radius 3 is 3.00 bits per heavy atom. The molecule has 0 saturated carbocycles. The van der Waals surface area contributed by atoms with Crippen molar-refractivity contribution in [3.8, 4) is 5.75 Å². The molecule has 0 amide bonds. The van der Waals surface area contributed by atoms with Crippen molar-refractivity contribution in [1.29, 1.82) is 0 Å². The van der Waals surface area contributed by atoms with Crippen LogP contribution in [0.3, 0.4) is 0 Å². The highest BCUT2D eigenvalue weighted by Gasteiger charge is 2.11. The summed E-state index contributed by atoms with van der Waals surface area (Å²) in [5, 5.41) is 3.15. The fraction of sp³-hybridized carbons (Fsp3) is 0.316. The average Bonchev–Trinajstić information content (AvgIpc) is 3.02. The van der Waals surface area contributed by atoms with Crippen molar-refractivity contribution in [3.05, 3.63) is 59.2 Å². The molecule has 23 heavy (non-hydrogen) atoms. The third-order valence-corrected chi connectivity index (χ3v) is 4.04. The van der Waals surface area contributed by atoms with Crippen molar-refractivity contribution in [2.45, 2.75) is 26.2 Å². The van der Waals surface area contributed by atoms with E-state index in [-0.39, 0.29) is 0 Å². The van der Waals surface area contributed by atoms with Gasteiger partial charge in [0.05, 0.1) is 6.61 Å². The number of ether oxygens (including phenoxy) is 1. The van der Waals surface area contributed by atoms with Crippen molar-refractivity contribution in [3.63, 3.8) is 0 Å². The summed E-state index contributed by atoms with van der Waals surface area (Å²) in [6.07, 6.45) is 2.89. The van der Waals surface area contributed by atoms with Gasteiger partial charge in [0.2, 0.25) is 0 Å². The van der Waals surface area contributed by atoms with Gasteiger partial charge in [-0.1, -0.05) is 31.2 Å². The maximum atomic E-state index is 5.97. The van der Waals surface area contributed by atoms with E-state index in [1.165, 1.54) is 16.7 Å². The number of rotatable bonds is 5. The van der Waals surface area contributed by atoms with Crippen molar-refractivity contribution >= 4 is 11.6 Å². The number of nitrogens with two attached hydrogens (primary N) is 1. The van der Waals surface area contributed by atoms with Crippen LogP contribution in [0.5, 0.6) is 5.75 Å². The molecule has 1 aliphatic heterocycles. The topological polar surface area (TPSA) is 59.6 Å². The number of nitrogens with zero attached hydrogens (tertiary/aromatic N) is 1. The van der Waals surface area contributed by atoms with Crippen molar-refractivity contribution in [1.82, 2.24) is 0 Å². The standard InChI is InChI=1S/C19H23N3O/c1-2-14-4-3-5-17(13-14)22-19(20)21-10-8-15-6-7-18-16(12-15)9-11-23-18/h3-7,12-13H,2,8-11H2,1H3,(H3,20,21,22). The highest BCUT2D eigenvalue weighted by molar-refractivity contribution is 5.92. The molecule has 2 aromatic rings. The van der Waals surface area contributed by atoms with Gasteiger partial charge in [-0.05, 0) is 47.7 Å². The van der Waals surface area contributed by atoms with Crippen LogP contribution < -0.4 is 15.8 Å². The normalized spacial score (nSPS) is 13.5. The third-order valence-electron chi connectivity index (χ3n) is 4.04. The van der Waals surface area contributed by atoms with E-state index in [1.54, 1.807) is 0 Å². The van der Waals surface area contributed by atoms with E-state index in [4.69, 9.17) is 10.5 Å². The highest BCUT2D eigenvalue weighted by Crippen LogP contribution is 2.25. The van der Waals surface area contributed by atoms with Gasteiger partial charge in [-0.15, -0.1) is 0 Å². The molecular formula is C19H23N3O. The zero-order valence-electron chi connectivity index (χ0n) is 13.5. The van der Waals surface area contributed by atoms with Crippen molar-refractivity contribution in [2.24, 2.45) is 10.7 Å². The Morgan fingerprint density at radius 2 is 2.13 bits per heavy atom. The van der Waals surface area contributed by atoms with E-state index < -0.39 is 0 Å². The smallest absolute Gasteiger partial charge is 0.193 e. The Balaban J connectivity index is 1.55. The van der Waals surface area contributed by atoms with E-state index in [0.717, 1.165) is 37.3 Å². The molecule has 0 aliphatic carbocycles. The van der Waals surface area contributed by atoms with Gasteiger partial charge in [-0.25, -0.2) is 0 Å². The Labute approximate surface area is 137 Å². The number of aliphatic imine (C=N–C) groups is 1. The minimum Gasteiger partial charge on any atom is -0.493 e. The SMILES string of the molecule is CCc1cccc(NC(N)=NCCc2ccc3c(c2)CCO3)c1. The quantitative estimate of drug-likeness (QED) is 0.659. The lowest BCUT2D eigenvalue weighted by Crippen LogP contribution is -2.23. The minimum absolute atomic E-state index is 0.461. The number of guanidine groups is 1. The first kappa shape index (κ1) is 15.4. The first-order valence-electron chi connectivity index (χ1n) is 8.15. The van der Waals surface area contributed by atoms with Crippen molar-refractivity contribution in [2.75, 3.05) is 18.5 Å². The van der Waals surface area contributed by atoms with Gasteiger partial charge in [0.15, 0.2) is 5.96 Å². The summed E-state index contributed by atoms with van der Waals surface area (Å²) in [5.41, 5.74) is 10.8. The molecule has 0 aromatic heterocycles. The Kier molecular flexibility index (Phi) is 4.81. The molecule has 0 saturated heterocycles. The molecule has 4 nitrogen and oxygen atoms in total. The monoisotopic (exact) mass is 309 g/mol. The fourth-order valence-electron chi connectivity index (χ4n) is 2.76. The number of hydrogen-bond donors (Lipinski definition) is 2. The molecule has 3 N–H and O–H groups in total. The molecule has 0 atom stereocenters. The number of nitrogens with one attached hydrogen (secondary N) is 1. The fourth-order valence-corrected chi connectivity index (χ4v) is 2.76. The number of aryl methyl sites for hydroxylation is 1. The molecule has 4 heteroatoms. The summed E-state index contributed by atoms with van der Waals surface area (Å²) in [7, 11) is 0. The van der Waals surface area contributed by atoms with Crippen LogP contribution in [-0.4, -0.2) is 19.1 Å². The lowest BCUT2D eigenvalue weighted by molar-refractivity contribution is 0.357. The van der Waals surface area contributed by atoms with Gasteiger partial charge in [-0.3, -0.25) is 4.99 Å². The second-order valence-electron chi connectivity index (χ2n) is 5.74. The summed E-state index contributed by atoms with van der Waals surface area (Å²) < 4.78 is 5.52. The summed E-state index contributed by atoms with van der Waals surface area (Å²) in [5.74, 6) is 1.48. The van der Waals surface area contributed by atoms with Crippen LogP contribution in [0, 0.1) is 0 Å². The van der Waals surface area contributed by atoms with Crippen LogP contribution in [0.25, 0.3) is 0 Å². The summed E-state index contributed by atoms with van der Waals surface area (Å²) >= 11 is 0. The average molecular weight is 309 g/mol. The highest BCUT2D eigenvalue weighted by atomic mass is 16.5. The molecule has 120 valence electrons. The van der Waals surface area contributed by atoms with Gasteiger partial charge in [-0.2, -0.15) is 0 Å². The lowest BCUT2D eigenvalue weighted by Gasteiger charge is -2.07. The van der Waals surface area contributed by atoms with Crippen LogP contribution in [0.1, 0.15) is 23.6 Å². The van der Waals surface area contributed by atoms with Gasteiger partial charge in [0, 0.05) is 18.7 Å². The molecule has 3 rings (SSSR count). The Morgan fingerprint density at radius 1 is 1.22 bits per heavy atom. The van der Waals surface area contributed by atoms with E-state index in [9.17, 15) is 0 Å². The second kappa shape index (κ2) is 7.18.